The van der Waals surface area contributed by atoms with Crippen molar-refractivity contribution in [1.29, 1.82) is 0 Å². The van der Waals surface area contributed by atoms with Gasteiger partial charge in [0.25, 0.3) is 0 Å². The predicted octanol–water partition coefficient (Wildman–Crippen LogP) is 4.62. The van der Waals surface area contributed by atoms with Gasteiger partial charge in [-0.2, -0.15) is 0 Å². The largest absolute Gasteiger partial charge is 0.325 e. The molecule has 0 aliphatic heterocycles. The van der Waals surface area contributed by atoms with Crippen LogP contribution < -0.4 is 10.6 Å². The molecule has 0 unspecified atom stereocenters. The van der Waals surface area contributed by atoms with E-state index in [-0.39, 0.29) is 28.7 Å². The van der Waals surface area contributed by atoms with Crippen LogP contribution in [0, 0.1) is 24.7 Å². The first-order valence-electron chi connectivity index (χ1n) is 11.1. The van der Waals surface area contributed by atoms with Crippen LogP contribution in [0.15, 0.2) is 24.3 Å². The van der Waals surface area contributed by atoms with Gasteiger partial charge in [0.1, 0.15) is 5.01 Å². The van der Waals surface area contributed by atoms with Gasteiger partial charge in [0, 0.05) is 11.1 Å². The van der Waals surface area contributed by atoms with Crippen LogP contribution in [0.25, 0.3) is 0 Å². The van der Waals surface area contributed by atoms with Crippen molar-refractivity contribution in [3.63, 3.8) is 0 Å². The monoisotopic (exact) mass is 456 g/mol. The van der Waals surface area contributed by atoms with E-state index < -0.39 is 0 Å². The number of anilines is 2. The average Bonchev–Trinajstić information content (AvgIpc) is 3.18. The SMILES string of the molecule is Cc1ccc(NC(=O)CSCC(=O)Nc2nnc(C34CC5CC(CC(C5)C3)C4)s2)cc1. The molecule has 0 saturated heterocycles. The number of hydrogen-bond donors (Lipinski definition) is 2. The van der Waals surface area contributed by atoms with Gasteiger partial charge in [0.15, 0.2) is 0 Å². The molecule has 2 aromatic rings. The molecule has 4 fully saturated rings. The van der Waals surface area contributed by atoms with Gasteiger partial charge in [-0.1, -0.05) is 29.0 Å². The fourth-order valence-corrected chi connectivity index (χ4v) is 7.68. The predicted molar refractivity (Wildman–Crippen MR) is 126 cm³/mol. The molecule has 0 atom stereocenters. The Morgan fingerprint density at radius 1 is 0.968 bits per heavy atom. The van der Waals surface area contributed by atoms with Crippen molar-refractivity contribution in [3.8, 4) is 0 Å². The number of hydrogen-bond acceptors (Lipinski definition) is 6. The van der Waals surface area contributed by atoms with E-state index in [1.165, 1.54) is 50.3 Å². The lowest BCUT2D eigenvalue weighted by molar-refractivity contribution is -0.114. The maximum Gasteiger partial charge on any atom is 0.236 e. The molecule has 164 valence electrons. The fourth-order valence-electron chi connectivity index (χ4n) is 6.09. The lowest BCUT2D eigenvalue weighted by atomic mass is 9.50. The maximum atomic E-state index is 12.3. The summed E-state index contributed by atoms with van der Waals surface area (Å²) >= 11 is 2.85. The highest BCUT2D eigenvalue weighted by Crippen LogP contribution is 2.61. The second-order valence-corrected chi connectivity index (χ2v) is 11.5. The third-order valence-electron chi connectivity index (χ3n) is 6.96. The minimum atomic E-state index is -0.138. The summed E-state index contributed by atoms with van der Waals surface area (Å²) in [6, 6.07) is 7.66. The molecule has 31 heavy (non-hydrogen) atoms. The minimum absolute atomic E-state index is 0.110. The van der Waals surface area contributed by atoms with Crippen molar-refractivity contribution in [3.05, 3.63) is 34.8 Å². The van der Waals surface area contributed by atoms with E-state index in [2.05, 4.69) is 20.8 Å². The van der Waals surface area contributed by atoms with Crippen LogP contribution in [0.5, 0.6) is 0 Å². The number of nitrogens with one attached hydrogen (secondary N) is 2. The van der Waals surface area contributed by atoms with Crippen LogP contribution in [0.1, 0.15) is 49.1 Å². The molecule has 2 N–H and O–H groups in total. The molecule has 4 saturated carbocycles. The first-order valence-corrected chi connectivity index (χ1v) is 13.0. The van der Waals surface area contributed by atoms with E-state index in [0.717, 1.165) is 34.0 Å². The first kappa shape index (κ1) is 20.9. The molecule has 0 spiro atoms. The molecule has 4 aliphatic rings. The molecule has 6 nitrogen and oxygen atoms in total. The van der Waals surface area contributed by atoms with E-state index in [4.69, 9.17) is 0 Å². The van der Waals surface area contributed by atoms with Crippen LogP contribution in [-0.4, -0.2) is 33.5 Å². The van der Waals surface area contributed by atoms with Gasteiger partial charge in [0.2, 0.25) is 16.9 Å². The quantitative estimate of drug-likeness (QED) is 0.635. The zero-order valence-electron chi connectivity index (χ0n) is 17.7. The molecular formula is C23H28N4O2S2. The Labute approximate surface area is 191 Å². The normalized spacial score (nSPS) is 28.5. The summed E-state index contributed by atoms with van der Waals surface area (Å²) in [7, 11) is 0. The molecule has 0 radical (unpaired) electrons. The Morgan fingerprint density at radius 3 is 2.16 bits per heavy atom. The van der Waals surface area contributed by atoms with Gasteiger partial charge >= 0.3 is 0 Å². The van der Waals surface area contributed by atoms with Gasteiger partial charge in [-0.25, -0.2) is 0 Å². The van der Waals surface area contributed by atoms with Gasteiger partial charge < -0.3 is 5.32 Å². The lowest BCUT2D eigenvalue weighted by Gasteiger charge is -2.55. The number of amides is 2. The number of carbonyl (C=O) groups excluding carboxylic acids is 2. The summed E-state index contributed by atoms with van der Waals surface area (Å²) in [6.07, 6.45) is 7.93. The second kappa shape index (κ2) is 8.54. The number of nitrogens with zero attached hydrogens (tertiary/aromatic N) is 2. The van der Waals surface area contributed by atoms with Crippen molar-refractivity contribution in [2.75, 3.05) is 22.1 Å². The highest BCUT2D eigenvalue weighted by molar-refractivity contribution is 8.00. The second-order valence-electron chi connectivity index (χ2n) is 9.57. The van der Waals surface area contributed by atoms with Gasteiger partial charge in [-0.05, 0) is 75.3 Å². The van der Waals surface area contributed by atoms with Crippen LogP contribution in [0.3, 0.4) is 0 Å². The maximum absolute atomic E-state index is 12.3. The zero-order valence-corrected chi connectivity index (χ0v) is 19.4. The molecular weight excluding hydrogens is 428 g/mol. The van der Waals surface area contributed by atoms with Crippen LogP contribution >= 0.6 is 23.1 Å². The Balaban J connectivity index is 1.10. The zero-order chi connectivity index (χ0) is 21.4. The molecule has 8 heteroatoms. The van der Waals surface area contributed by atoms with E-state index in [1.54, 1.807) is 11.3 Å². The molecule has 4 aliphatic carbocycles. The Hall–Kier alpha value is -1.93. The standard InChI is InChI=1S/C23H28N4O2S2/c1-14-2-4-18(5-3-14)24-19(28)12-30-13-20(29)25-22-27-26-21(31-22)23-9-15-6-16(10-23)8-17(7-15)11-23/h2-5,15-17H,6-13H2,1H3,(H,24,28)(H,25,27,29). The van der Waals surface area contributed by atoms with Gasteiger partial charge in [-0.3, -0.25) is 14.9 Å². The van der Waals surface area contributed by atoms with Crippen LogP contribution in [0.2, 0.25) is 0 Å². The van der Waals surface area contributed by atoms with Crippen LogP contribution in [0.4, 0.5) is 10.8 Å². The first-order chi connectivity index (χ1) is 15.0. The number of benzene rings is 1. The molecule has 4 bridgehead atoms. The average molecular weight is 457 g/mol. The molecule has 1 heterocycles. The number of aryl methyl sites for hydroxylation is 1. The highest BCUT2D eigenvalue weighted by atomic mass is 32.2. The smallest absolute Gasteiger partial charge is 0.236 e. The highest BCUT2D eigenvalue weighted by Gasteiger charge is 2.53. The minimum Gasteiger partial charge on any atom is -0.325 e. The number of rotatable bonds is 7. The van der Waals surface area contributed by atoms with Crippen molar-refractivity contribution in [2.45, 2.75) is 50.9 Å². The third-order valence-corrected chi connectivity index (χ3v) is 8.98. The van der Waals surface area contributed by atoms with Crippen molar-refractivity contribution in [1.82, 2.24) is 10.2 Å². The summed E-state index contributed by atoms with van der Waals surface area (Å²) in [5.74, 6) is 2.77. The third kappa shape index (κ3) is 4.65. The summed E-state index contributed by atoms with van der Waals surface area (Å²) in [5, 5.41) is 16.2. The van der Waals surface area contributed by atoms with Crippen LogP contribution in [-0.2, 0) is 15.0 Å². The number of aromatic nitrogens is 2. The van der Waals surface area contributed by atoms with Crippen molar-refractivity contribution in [2.24, 2.45) is 17.8 Å². The van der Waals surface area contributed by atoms with Gasteiger partial charge in [-0.15, -0.1) is 22.0 Å². The Kier molecular flexibility index (Phi) is 5.77. The van der Waals surface area contributed by atoms with Gasteiger partial charge in [0.05, 0.1) is 11.5 Å². The van der Waals surface area contributed by atoms with E-state index in [0.29, 0.717) is 5.13 Å². The molecule has 2 amide bonds. The van der Waals surface area contributed by atoms with E-state index in [9.17, 15) is 9.59 Å². The fraction of sp³-hybridized carbons (Fsp3) is 0.565. The van der Waals surface area contributed by atoms with Crippen molar-refractivity contribution >= 4 is 45.7 Å². The summed E-state index contributed by atoms with van der Waals surface area (Å²) in [5.41, 5.74) is 2.12. The lowest BCUT2D eigenvalue weighted by Crippen LogP contribution is -2.48. The number of thioether (sulfide) groups is 1. The summed E-state index contributed by atoms with van der Waals surface area (Å²) in [4.78, 5) is 24.4. The topological polar surface area (TPSA) is 84.0 Å². The molecule has 6 rings (SSSR count). The Bertz CT molecular complexity index is 937. The number of carbonyl (C=O) groups is 2. The van der Waals surface area contributed by atoms with Crippen molar-refractivity contribution < 1.29 is 9.59 Å². The summed E-state index contributed by atoms with van der Waals surface area (Å²) in [6.45, 7) is 2.00. The molecule has 1 aromatic carbocycles. The van der Waals surface area contributed by atoms with E-state index >= 15 is 0 Å². The van der Waals surface area contributed by atoms with E-state index in [1.807, 2.05) is 31.2 Å². The Morgan fingerprint density at radius 2 is 1.55 bits per heavy atom. The molecule has 1 aromatic heterocycles. The summed E-state index contributed by atoms with van der Waals surface area (Å²) < 4.78 is 0.